The zero-order valence-corrected chi connectivity index (χ0v) is 13.6. The highest BCUT2D eigenvalue weighted by molar-refractivity contribution is 5.96. The molecule has 0 atom stereocenters. The third-order valence-electron chi connectivity index (χ3n) is 2.93. The van der Waals surface area contributed by atoms with Crippen molar-refractivity contribution < 1.29 is 23.9 Å². The Hall–Kier alpha value is -2.41. The summed E-state index contributed by atoms with van der Waals surface area (Å²) in [4.78, 5) is 36.3. The van der Waals surface area contributed by atoms with E-state index in [9.17, 15) is 14.4 Å². The summed E-state index contributed by atoms with van der Waals surface area (Å²) in [7, 11) is 4.85. The highest BCUT2D eigenvalue weighted by atomic mass is 16.6. The van der Waals surface area contributed by atoms with Crippen molar-refractivity contribution in [1.82, 2.24) is 4.90 Å². The van der Waals surface area contributed by atoms with Gasteiger partial charge >= 0.3 is 5.97 Å². The van der Waals surface area contributed by atoms with Crippen molar-refractivity contribution in [3.8, 4) is 0 Å². The minimum Gasteiger partial charge on any atom is -0.463 e. The Bertz CT molecular complexity index is 540. The maximum Gasteiger partial charge on any atom is 0.306 e. The van der Waals surface area contributed by atoms with E-state index in [1.165, 1.54) is 12.0 Å². The van der Waals surface area contributed by atoms with Gasteiger partial charge in [0.25, 0.3) is 5.91 Å². The molecular formula is C16H22N2O5. The van der Waals surface area contributed by atoms with Crippen LogP contribution in [0.25, 0.3) is 0 Å². The Kier molecular flexibility index (Phi) is 7.76. The second kappa shape index (κ2) is 9.58. The molecule has 1 N–H and O–H groups in total. The van der Waals surface area contributed by atoms with Crippen LogP contribution in [0.15, 0.2) is 24.3 Å². The first-order valence-corrected chi connectivity index (χ1v) is 7.20. The molecule has 1 aromatic carbocycles. The van der Waals surface area contributed by atoms with Crippen LogP contribution in [0, 0.1) is 0 Å². The molecule has 0 aliphatic heterocycles. The summed E-state index contributed by atoms with van der Waals surface area (Å²) >= 11 is 0. The number of anilines is 1. The second-order valence-electron chi connectivity index (χ2n) is 5.04. The Morgan fingerprint density at radius 3 is 2.26 bits per heavy atom. The quantitative estimate of drug-likeness (QED) is 0.576. The van der Waals surface area contributed by atoms with Crippen LogP contribution in [0.5, 0.6) is 0 Å². The van der Waals surface area contributed by atoms with Gasteiger partial charge in [-0.15, -0.1) is 0 Å². The molecule has 0 saturated carbocycles. The van der Waals surface area contributed by atoms with Gasteiger partial charge in [0, 0.05) is 38.9 Å². The fourth-order valence-electron chi connectivity index (χ4n) is 1.70. The summed E-state index contributed by atoms with van der Waals surface area (Å²) in [5.74, 6) is -0.841. The molecule has 7 heteroatoms. The first-order chi connectivity index (χ1) is 10.9. The molecule has 0 saturated heterocycles. The van der Waals surface area contributed by atoms with Crippen molar-refractivity contribution in [3.63, 3.8) is 0 Å². The predicted molar refractivity (Wildman–Crippen MR) is 85.2 cm³/mol. The fourth-order valence-corrected chi connectivity index (χ4v) is 1.70. The molecule has 2 amide bonds. The zero-order chi connectivity index (χ0) is 17.2. The number of esters is 1. The van der Waals surface area contributed by atoms with E-state index in [-0.39, 0.29) is 31.3 Å². The molecule has 0 aliphatic carbocycles. The third kappa shape index (κ3) is 6.92. The van der Waals surface area contributed by atoms with Crippen molar-refractivity contribution in [2.24, 2.45) is 0 Å². The van der Waals surface area contributed by atoms with Crippen LogP contribution >= 0.6 is 0 Å². The maximum absolute atomic E-state index is 11.8. The summed E-state index contributed by atoms with van der Waals surface area (Å²) in [5, 5.41) is 2.66. The van der Waals surface area contributed by atoms with Gasteiger partial charge in [0.05, 0.1) is 13.0 Å². The summed E-state index contributed by atoms with van der Waals surface area (Å²) in [5.41, 5.74) is 1.10. The van der Waals surface area contributed by atoms with Gasteiger partial charge in [-0.25, -0.2) is 0 Å². The van der Waals surface area contributed by atoms with Gasteiger partial charge < -0.3 is 19.7 Å². The number of carbonyl (C=O) groups excluding carboxylic acids is 3. The molecule has 1 rings (SSSR count). The van der Waals surface area contributed by atoms with Crippen LogP contribution in [0.1, 0.15) is 23.2 Å². The maximum atomic E-state index is 11.8. The van der Waals surface area contributed by atoms with Crippen LogP contribution in [0.2, 0.25) is 0 Å². The topological polar surface area (TPSA) is 84.9 Å². The van der Waals surface area contributed by atoms with Gasteiger partial charge in [-0.05, 0) is 24.3 Å². The molecule has 0 aliphatic rings. The van der Waals surface area contributed by atoms with E-state index in [0.29, 0.717) is 17.9 Å². The Morgan fingerprint density at radius 1 is 1.04 bits per heavy atom. The summed E-state index contributed by atoms with van der Waals surface area (Å²) < 4.78 is 9.62. The van der Waals surface area contributed by atoms with E-state index in [1.807, 2.05) is 0 Å². The number of benzene rings is 1. The third-order valence-corrected chi connectivity index (χ3v) is 2.93. The van der Waals surface area contributed by atoms with Gasteiger partial charge in [-0.3, -0.25) is 14.4 Å². The molecule has 0 aromatic heterocycles. The molecule has 0 fully saturated rings. The van der Waals surface area contributed by atoms with Gasteiger partial charge in [0.2, 0.25) is 5.91 Å². The zero-order valence-electron chi connectivity index (χ0n) is 13.6. The number of carbonyl (C=O) groups is 3. The largest absolute Gasteiger partial charge is 0.463 e. The molecule has 1 aromatic rings. The van der Waals surface area contributed by atoms with Crippen molar-refractivity contribution in [3.05, 3.63) is 29.8 Å². The van der Waals surface area contributed by atoms with Crippen molar-refractivity contribution >= 4 is 23.5 Å². The van der Waals surface area contributed by atoms with Crippen LogP contribution in [0.3, 0.4) is 0 Å². The Labute approximate surface area is 135 Å². The number of nitrogens with zero attached hydrogens (tertiary/aromatic N) is 1. The number of hydrogen-bond acceptors (Lipinski definition) is 5. The smallest absolute Gasteiger partial charge is 0.306 e. The minimum absolute atomic E-state index is 0.00669. The molecule has 0 radical (unpaired) electrons. The lowest BCUT2D eigenvalue weighted by molar-refractivity contribution is -0.145. The SMILES string of the molecule is COCCOC(=O)CCC(=O)Nc1ccc(C(=O)N(C)C)cc1. The van der Waals surface area contributed by atoms with Crippen LogP contribution in [-0.2, 0) is 19.1 Å². The monoisotopic (exact) mass is 322 g/mol. The number of nitrogens with one attached hydrogen (secondary N) is 1. The molecule has 0 spiro atoms. The van der Waals surface area contributed by atoms with E-state index < -0.39 is 5.97 Å². The lowest BCUT2D eigenvalue weighted by atomic mass is 10.2. The average Bonchev–Trinajstić information content (AvgIpc) is 2.53. The molecular weight excluding hydrogens is 300 g/mol. The Morgan fingerprint density at radius 2 is 1.70 bits per heavy atom. The number of methoxy groups -OCH3 is 1. The lowest BCUT2D eigenvalue weighted by Crippen LogP contribution is -2.21. The first-order valence-electron chi connectivity index (χ1n) is 7.20. The summed E-state index contributed by atoms with van der Waals surface area (Å²) in [6.45, 7) is 0.508. The van der Waals surface area contributed by atoms with Crippen LogP contribution in [-0.4, -0.2) is 57.1 Å². The van der Waals surface area contributed by atoms with E-state index >= 15 is 0 Å². The average molecular weight is 322 g/mol. The van der Waals surface area contributed by atoms with Crippen LogP contribution < -0.4 is 5.32 Å². The second-order valence-corrected chi connectivity index (χ2v) is 5.04. The van der Waals surface area contributed by atoms with Gasteiger partial charge in [-0.1, -0.05) is 0 Å². The molecule has 23 heavy (non-hydrogen) atoms. The van der Waals surface area contributed by atoms with E-state index in [4.69, 9.17) is 9.47 Å². The van der Waals surface area contributed by atoms with Gasteiger partial charge in [0.15, 0.2) is 0 Å². The lowest BCUT2D eigenvalue weighted by Gasteiger charge is -2.11. The highest BCUT2D eigenvalue weighted by Crippen LogP contribution is 2.11. The number of amides is 2. The van der Waals surface area contributed by atoms with Crippen molar-refractivity contribution in [2.75, 3.05) is 39.7 Å². The summed E-state index contributed by atoms with van der Waals surface area (Å²) in [6.07, 6.45) is 0.0386. The predicted octanol–water partition coefficient (Wildman–Crippen LogP) is 1.30. The summed E-state index contributed by atoms with van der Waals surface area (Å²) in [6, 6.07) is 6.56. The number of ether oxygens (including phenoxy) is 2. The highest BCUT2D eigenvalue weighted by Gasteiger charge is 2.10. The molecule has 7 nitrogen and oxygen atoms in total. The molecule has 0 bridgehead atoms. The van der Waals surface area contributed by atoms with E-state index in [2.05, 4.69) is 5.32 Å². The molecule has 0 unspecified atom stereocenters. The van der Waals surface area contributed by atoms with Crippen molar-refractivity contribution in [1.29, 1.82) is 0 Å². The standard InChI is InChI=1S/C16H22N2O5/c1-18(2)16(21)12-4-6-13(7-5-12)17-14(19)8-9-15(20)23-11-10-22-3/h4-7H,8-11H2,1-3H3,(H,17,19). The van der Waals surface area contributed by atoms with Crippen LogP contribution in [0.4, 0.5) is 5.69 Å². The van der Waals surface area contributed by atoms with Crippen molar-refractivity contribution in [2.45, 2.75) is 12.8 Å². The van der Waals surface area contributed by atoms with Gasteiger partial charge in [0.1, 0.15) is 6.61 Å². The number of rotatable bonds is 8. The molecule has 0 heterocycles. The van der Waals surface area contributed by atoms with E-state index in [0.717, 1.165) is 0 Å². The fraction of sp³-hybridized carbons (Fsp3) is 0.438. The minimum atomic E-state index is -0.441. The normalized spacial score (nSPS) is 10.0. The van der Waals surface area contributed by atoms with Gasteiger partial charge in [-0.2, -0.15) is 0 Å². The Balaban J connectivity index is 2.40. The first kappa shape index (κ1) is 18.6. The number of hydrogen-bond donors (Lipinski definition) is 1. The molecule has 126 valence electrons. The van der Waals surface area contributed by atoms with E-state index in [1.54, 1.807) is 38.4 Å².